The summed E-state index contributed by atoms with van der Waals surface area (Å²) in [7, 11) is 2.08. The number of hydrogen-bond donors (Lipinski definition) is 1. The fraction of sp³-hybridized carbons (Fsp3) is 0.600. The SMILES string of the molecule is CN(Cc1csc(C(=O)O)n1)C1CCSC1. The molecule has 0 bridgehead atoms. The van der Waals surface area contributed by atoms with Crippen LogP contribution in [0.4, 0.5) is 0 Å². The molecule has 1 fully saturated rings. The molecule has 88 valence electrons. The molecule has 1 aliphatic rings. The molecule has 0 aromatic carbocycles. The fourth-order valence-corrected chi connectivity index (χ4v) is 3.68. The summed E-state index contributed by atoms with van der Waals surface area (Å²) >= 11 is 3.18. The van der Waals surface area contributed by atoms with Crippen LogP contribution in [-0.2, 0) is 6.54 Å². The molecule has 1 unspecified atom stereocenters. The normalized spacial score (nSPS) is 20.5. The number of carboxylic acids is 1. The van der Waals surface area contributed by atoms with E-state index in [1.165, 1.54) is 29.3 Å². The third-order valence-electron chi connectivity index (χ3n) is 2.68. The van der Waals surface area contributed by atoms with Crippen molar-refractivity contribution in [2.75, 3.05) is 18.6 Å². The summed E-state index contributed by atoms with van der Waals surface area (Å²) in [5.74, 6) is 1.47. The van der Waals surface area contributed by atoms with E-state index in [1.807, 2.05) is 17.1 Å². The Morgan fingerprint density at radius 1 is 1.75 bits per heavy atom. The van der Waals surface area contributed by atoms with Crippen molar-refractivity contribution in [2.24, 2.45) is 0 Å². The summed E-state index contributed by atoms with van der Waals surface area (Å²) < 4.78 is 0. The average molecular weight is 258 g/mol. The zero-order chi connectivity index (χ0) is 11.5. The molecule has 0 spiro atoms. The Balaban J connectivity index is 1.94. The van der Waals surface area contributed by atoms with Crippen molar-refractivity contribution in [1.82, 2.24) is 9.88 Å². The van der Waals surface area contributed by atoms with Crippen molar-refractivity contribution in [3.05, 3.63) is 16.1 Å². The maximum Gasteiger partial charge on any atom is 0.365 e. The van der Waals surface area contributed by atoms with Crippen molar-refractivity contribution in [3.63, 3.8) is 0 Å². The van der Waals surface area contributed by atoms with Crippen LogP contribution in [0.15, 0.2) is 5.38 Å². The first-order valence-electron chi connectivity index (χ1n) is 5.12. The minimum atomic E-state index is -0.935. The summed E-state index contributed by atoms with van der Waals surface area (Å²) in [6, 6.07) is 0.611. The Morgan fingerprint density at radius 2 is 2.56 bits per heavy atom. The van der Waals surface area contributed by atoms with Gasteiger partial charge in [0.2, 0.25) is 5.01 Å². The van der Waals surface area contributed by atoms with Gasteiger partial charge in [-0.15, -0.1) is 11.3 Å². The summed E-state index contributed by atoms with van der Waals surface area (Å²) in [6.07, 6.45) is 1.22. The molecule has 16 heavy (non-hydrogen) atoms. The molecular weight excluding hydrogens is 244 g/mol. The highest BCUT2D eigenvalue weighted by molar-refractivity contribution is 7.99. The third-order valence-corrected chi connectivity index (χ3v) is 4.70. The number of hydrogen-bond acceptors (Lipinski definition) is 5. The number of thiazole rings is 1. The van der Waals surface area contributed by atoms with E-state index in [9.17, 15) is 4.79 Å². The van der Waals surface area contributed by atoms with Gasteiger partial charge >= 0.3 is 5.97 Å². The van der Waals surface area contributed by atoms with Crippen LogP contribution >= 0.6 is 23.1 Å². The molecule has 1 N–H and O–H groups in total. The van der Waals surface area contributed by atoms with Crippen molar-refractivity contribution in [3.8, 4) is 0 Å². The molecule has 1 saturated heterocycles. The second-order valence-electron chi connectivity index (χ2n) is 3.88. The van der Waals surface area contributed by atoms with Gasteiger partial charge in [0.1, 0.15) is 0 Å². The number of rotatable bonds is 4. The van der Waals surface area contributed by atoms with E-state index >= 15 is 0 Å². The number of aromatic nitrogens is 1. The van der Waals surface area contributed by atoms with E-state index in [2.05, 4.69) is 16.9 Å². The summed E-state index contributed by atoms with van der Waals surface area (Å²) in [4.78, 5) is 17.0. The van der Waals surface area contributed by atoms with Crippen molar-refractivity contribution < 1.29 is 9.90 Å². The molecule has 1 aromatic rings. The van der Waals surface area contributed by atoms with Gasteiger partial charge in [0.25, 0.3) is 0 Å². The first kappa shape index (κ1) is 11.9. The summed E-state index contributed by atoms with van der Waals surface area (Å²) in [6.45, 7) is 0.745. The molecular formula is C10H14N2O2S2. The van der Waals surface area contributed by atoms with Gasteiger partial charge < -0.3 is 5.11 Å². The monoisotopic (exact) mass is 258 g/mol. The fourth-order valence-electron chi connectivity index (χ4n) is 1.73. The van der Waals surface area contributed by atoms with Crippen LogP contribution in [0.3, 0.4) is 0 Å². The predicted octanol–water partition coefficient (Wildman–Crippen LogP) is 1.78. The second-order valence-corrected chi connectivity index (χ2v) is 5.89. The number of carboxylic acid groups (broad SMARTS) is 1. The summed E-state index contributed by atoms with van der Waals surface area (Å²) in [5.41, 5.74) is 0.863. The molecule has 4 nitrogen and oxygen atoms in total. The van der Waals surface area contributed by atoms with E-state index in [1.54, 1.807) is 0 Å². The highest BCUT2D eigenvalue weighted by atomic mass is 32.2. The maximum absolute atomic E-state index is 10.7. The van der Waals surface area contributed by atoms with Gasteiger partial charge in [-0.1, -0.05) is 0 Å². The Labute approximate surface area is 103 Å². The quantitative estimate of drug-likeness (QED) is 0.892. The summed E-state index contributed by atoms with van der Waals surface area (Å²) in [5, 5.41) is 10.8. The van der Waals surface area contributed by atoms with E-state index in [4.69, 9.17) is 5.11 Å². The van der Waals surface area contributed by atoms with Crippen LogP contribution in [0.5, 0.6) is 0 Å². The lowest BCUT2D eigenvalue weighted by Gasteiger charge is -2.22. The largest absolute Gasteiger partial charge is 0.476 e. The highest BCUT2D eigenvalue weighted by Gasteiger charge is 2.21. The number of thioether (sulfide) groups is 1. The number of nitrogens with zero attached hydrogens (tertiary/aromatic N) is 2. The minimum Gasteiger partial charge on any atom is -0.476 e. The molecule has 1 aromatic heterocycles. The van der Waals surface area contributed by atoms with E-state index < -0.39 is 5.97 Å². The number of carbonyl (C=O) groups is 1. The molecule has 6 heteroatoms. The van der Waals surface area contributed by atoms with Gasteiger partial charge in [-0.3, -0.25) is 4.90 Å². The third kappa shape index (κ3) is 2.75. The van der Waals surface area contributed by atoms with Gasteiger partial charge in [0.05, 0.1) is 5.69 Å². The maximum atomic E-state index is 10.7. The van der Waals surface area contributed by atoms with Gasteiger partial charge in [0, 0.05) is 23.7 Å². The predicted molar refractivity (Wildman–Crippen MR) is 66.3 cm³/mol. The lowest BCUT2D eigenvalue weighted by molar-refractivity contribution is 0.0696. The van der Waals surface area contributed by atoms with Crippen LogP contribution in [0.25, 0.3) is 0 Å². The Morgan fingerprint density at radius 3 is 3.12 bits per heavy atom. The molecule has 1 aliphatic heterocycles. The van der Waals surface area contributed by atoms with Gasteiger partial charge in [-0.2, -0.15) is 11.8 Å². The standard InChI is InChI=1S/C10H14N2O2S2/c1-12(8-2-3-15-6-8)4-7-5-16-9(11-7)10(13)14/h5,8H,2-4,6H2,1H3,(H,13,14). The van der Waals surface area contributed by atoms with Crippen LogP contribution in [-0.4, -0.2) is 45.6 Å². The van der Waals surface area contributed by atoms with Crippen LogP contribution in [0.2, 0.25) is 0 Å². The smallest absolute Gasteiger partial charge is 0.365 e. The van der Waals surface area contributed by atoms with Crippen molar-refractivity contribution in [2.45, 2.75) is 19.0 Å². The molecule has 0 radical (unpaired) electrons. The lowest BCUT2D eigenvalue weighted by Crippen LogP contribution is -2.30. The zero-order valence-corrected chi connectivity index (χ0v) is 10.7. The molecule has 0 aliphatic carbocycles. The molecule has 0 amide bonds. The van der Waals surface area contributed by atoms with Crippen LogP contribution in [0.1, 0.15) is 21.9 Å². The van der Waals surface area contributed by atoms with E-state index in [0.717, 1.165) is 12.2 Å². The van der Waals surface area contributed by atoms with E-state index in [0.29, 0.717) is 6.04 Å². The molecule has 0 saturated carbocycles. The second kappa shape index (κ2) is 5.16. The minimum absolute atomic E-state index is 0.184. The zero-order valence-electron chi connectivity index (χ0n) is 9.05. The Kier molecular flexibility index (Phi) is 3.83. The van der Waals surface area contributed by atoms with Crippen LogP contribution in [0, 0.1) is 0 Å². The Bertz CT molecular complexity index is 375. The first-order chi connectivity index (χ1) is 7.66. The van der Waals surface area contributed by atoms with Gasteiger partial charge in [-0.25, -0.2) is 9.78 Å². The molecule has 1 atom stereocenters. The Hall–Kier alpha value is -0.590. The first-order valence-corrected chi connectivity index (χ1v) is 7.16. The van der Waals surface area contributed by atoms with Gasteiger partial charge in [-0.05, 0) is 19.2 Å². The molecule has 2 rings (SSSR count). The molecule has 2 heterocycles. The lowest BCUT2D eigenvalue weighted by atomic mass is 10.2. The van der Waals surface area contributed by atoms with Crippen LogP contribution < -0.4 is 0 Å². The highest BCUT2D eigenvalue weighted by Crippen LogP contribution is 2.22. The van der Waals surface area contributed by atoms with Crippen molar-refractivity contribution >= 4 is 29.1 Å². The van der Waals surface area contributed by atoms with Gasteiger partial charge in [0.15, 0.2) is 0 Å². The number of aromatic carboxylic acids is 1. The topological polar surface area (TPSA) is 53.4 Å². The average Bonchev–Trinajstić information content (AvgIpc) is 2.87. The van der Waals surface area contributed by atoms with Crippen molar-refractivity contribution in [1.29, 1.82) is 0 Å². The van der Waals surface area contributed by atoms with E-state index in [-0.39, 0.29) is 5.01 Å².